The Kier molecular flexibility index (Phi) is 5.06. The topological polar surface area (TPSA) is 9.23 Å². The Morgan fingerprint density at radius 3 is 2.42 bits per heavy atom. The van der Waals surface area contributed by atoms with E-state index in [4.69, 9.17) is 4.74 Å². The van der Waals surface area contributed by atoms with E-state index in [0.29, 0.717) is 5.92 Å². The quantitative estimate of drug-likeness (QED) is 0.659. The third kappa shape index (κ3) is 3.61. The highest BCUT2D eigenvalue weighted by atomic mass is 79.9. The van der Waals surface area contributed by atoms with Crippen LogP contribution in [0.1, 0.15) is 34.7 Å². The molecule has 0 saturated heterocycles. The molecule has 0 aliphatic carbocycles. The van der Waals surface area contributed by atoms with Gasteiger partial charge in [-0.15, -0.1) is 11.3 Å². The summed E-state index contributed by atoms with van der Waals surface area (Å²) in [6.45, 7) is 4.50. The maximum absolute atomic E-state index is 5.38. The van der Waals surface area contributed by atoms with Crippen molar-refractivity contribution in [3.05, 3.63) is 51.7 Å². The maximum Gasteiger partial charge on any atom is 0.134 e. The Labute approximate surface area is 127 Å². The molecule has 0 amide bonds. The van der Waals surface area contributed by atoms with E-state index in [-0.39, 0.29) is 4.83 Å². The summed E-state index contributed by atoms with van der Waals surface area (Å²) in [5.41, 5.74) is 2.67. The molecule has 1 unspecified atom stereocenters. The molecule has 1 heterocycles. The molecule has 1 aromatic carbocycles. The maximum atomic E-state index is 5.38. The molecule has 19 heavy (non-hydrogen) atoms. The first kappa shape index (κ1) is 14.6. The average molecular weight is 339 g/mol. The number of thiophene rings is 1. The summed E-state index contributed by atoms with van der Waals surface area (Å²) in [6.07, 6.45) is 1.13. The molecule has 0 aliphatic heterocycles. The van der Waals surface area contributed by atoms with Crippen LogP contribution in [0.5, 0.6) is 5.75 Å². The van der Waals surface area contributed by atoms with Crippen LogP contribution >= 0.6 is 27.3 Å². The Balaban J connectivity index is 2.18. The van der Waals surface area contributed by atoms with Crippen LogP contribution in [-0.4, -0.2) is 7.11 Å². The zero-order valence-corrected chi connectivity index (χ0v) is 13.9. The van der Waals surface area contributed by atoms with Gasteiger partial charge in [-0.2, -0.15) is 0 Å². The summed E-state index contributed by atoms with van der Waals surface area (Å²) in [4.78, 5) is 1.43. The van der Waals surface area contributed by atoms with Crippen molar-refractivity contribution >= 4 is 27.3 Å². The summed E-state index contributed by atoms with van der Waals surface area (Å²) in [7, 11) is 1.72. The number of halogens is 1. The molecular weight excluding hydrogens is 320 g/mol. The lowest BCUT2D eigenvalue weighted by Crippen LogP contribution is -1.96. The van der Waals surface area contributed by atoms with Crippen LogP contribution < -0.4 is 4.74 Å². The zero-order valence-electron chi connectivity index (χ0n) is 11.5. The largest absolute Gasteiger partial charge is 0.496 e. The van der Waals surface area contributed by atoms with Gasteiger partial charge in [-0.25, -0.2) is 0 Å². The fraction of sp³-hybridized carbons (Fsp3) is 0.375. The third-order valence-electron chi connectivity index (χ3n) is 3.02. The molecule has 2 aromatic rings. The first-order chi connectivity index (χ1) is 9.11. The Morgan fingerprint density at radius 2 is 1.84 bits per heavy atom. The van der Waals surface area contributed by atoms with E-state index >= 15 is 0 Å². The minimum atomic E-state index is 0.204. The molecule has 0 saturated carbocycles. The molecule has 0 spiro atoms. The second-order valence-corrected chi connectivity index (χ2v) is 6.92. The molecule has 3 heteroatoms. The molecule has 0 aliphatic rings. The summed E-state index contributed by atoms with van der Waals surface area (Å²) in [5.74, 6) is 1.65. The van der Waals surface area contributed by atoms with Crippen LogP contribution in [0.4, 0.5) is 0 Å². The van der Waals surface area contributed by atoms with Crippen molar-refractivity contribution in [1.29, 1.82) is 0 Å². The van der Waals surface area contributed by atoms with Gasteiger partial charge in [0.15, 0.2) is 0 Å². The predicted octanol–water partition coefficient (Wildman–Crippen LogP) is 5.44. The lowest BCUT2D eigenvalue weighted by Gasteiger charge is -2.12. The van der Waals surface area contributed by atoms with Gasteiger partial charge in [0.1, 0.15) is 5.75 Å². The average Bonchev–Trinajstić information content (AvgIpc) is 2.86. The van der Waals surface area contributed by atoms with Crippen LogP contribution in [0.2, 0.25) is 0 Å². The van der Waals surface area contributed by atoms with E-state index in [9.17, 15) is 0 Å². The van der Waals surface area contributed by atoms with Gasteiger partial charge >= 0.3 is 0 Å². The van der Waals surface area contributed by atoms with Crippen molar-refractivity contribution in [2.45, 2.75) is 25.1 Å². The molecule has 102 valence electrons. The molecule has 0 fully saturated rings. The molecule has 1 nitrogen and oxygen atoms in total. The minimum Gasteiger partial charge on any atom is -0.496 e. The second kappa shape index (κ2) is 6.58. The van der Waals surface area contributed by atoms with Gasteiger partial charge in [0.2, 0.25) is 0 Å². The predicted molar refractivity (Wildman–Crippen MR) is 86.6 cm³/mol. The highest BCUT2D eigenvalue weighted by Crippen LogP contribution is 2.40. The van der Waals surface area contributed by atoms with Crippen molar-refractivity contribution in [2.24, 2.45) is 5.92 Å². The van der Waals surface area contributed by atoms with E-state index < -0.39 is 0 Å². The van der Waals surface area contributed by atoms with Crippen molar-refractivity contribution in [2.75, 3.05) is 7.11 Å². The highest BCUT2D eigenvalue weighted by Gasteiger charge is 2.16. The lowest BCUT2D eigenvalue weighted by atomic mass is 10.0. The van der Waals surface area contributed by atoms with Crippen LogP contribution in [0.3, 0.4) is 0 Å². The fourth-order valence-corrected chi connectivity index (χ4v) is 3.82. The second-order valence-electron chi connectivity index (χ2n) is 5.06. The van der Waals surface area contributed by atoms with E-state index in [1.807, 2.05) is 6.07 Å². The number of alkyl halides is 1. The van der Waals surface area contributed by atoms with Crippen LogP contribution in [0, 0.1) is 5.92 Å². The normalized spacial score (nSPS) is 12.7. The molecular formula is C16H19BrOS. The smallest absolute Gasteiger partial charge is 0.134 e. The number of methoxy groups -OCH3 is 1. The molecule has 2 rings (SSSR count). The Morgan fingerprint density at radius 1 is 1.16 bits per heavy atom. The van der Waals surface area contributed by atoms with Gasteiger partial charge in [-0.05, 0) is 34.9 Å². The van der Waals surface area contributed by atoms with E-state index in [1.165, 1.54) is 16.0 Å². The fourth-order valence-electron chi connectivity index (χ4n) is 2.11. The first-order valence-corrected chi connectivity index (χ1v) is 8.25. The van der Waals surface area contributed by atoms with Gasteiger partial charge in [-0.1, -0.05) is 54.0 Å². The number of benzene rings is 1. The lowest BCUT2D eigenvalue weighted by molar-refractivity contribution is 0.413. The van der Waals surface area contributed by atoms with Crippen molar-refractivity contribution in [3.8, 4) is 5.75 Å². The van der Waals surface area contributed by atoms with Gasteiger partial charge < -0.3 is 4.74 Å². The zero-order chi connectivity index (χ0) is 13.8. The highest BCUT2D eigenvalue weighted by molar-refractivity contribution is 9.09. The summed E-state index contributed by atoms with van der Waals surface area (Å²) >= 11 is 5.49. The van der Waals surface area contributed by atoms with Gasteiger partial charge in [-0.3, -0.25) is 0 Å². The molecule has 0 N–H and O–H groups in total. The molecule has 0 radical (unpaired) electrons. The number of hydrogen-bond acceptors (Lipinski definition) is 2. The first-order valence-electron chi connectivity index (χ1n) is 6.46. The van der Waals surface area contributed by atoms with E-state index in [1.54, 1.807) is 18.4 Å². The molecule has 0 bridgehead atoms. The van der Waals surface area contributed by atoms with Crippen LogP contribution in [0.15, 0.2) is 35.7 Å². The number of rotatable bonds is 5. The van der Waals surface area contributed by atoms with Gasteiger partial charge in [0, 0.05) is 0 Å². The van der Waals surface area contributed by atoms with Crippen LogP contribution in [0.25, 0.3) is 0 Å². The molecule has 1 aromatic heterocycles. The van der Waals surface area contributed by atoms with Crippen molar-refractivity contribution in [1.82, 2.24) is 0 Å². The summed E-state index contributed by atoms with van der Waals surface area (Å²) < 4.78 is 5.38. The van der Waals surface area contributed by atoms with Gasteiger partial charge in [0.25, 0.3) is 0 Å². The third-order valence-corrected chi connectivity index (χ3v) is 5.28. The molecule has 1 atom stereocenters. The van der Waals surface area contributed by atoms with E-state index in [2.05, 4.69) is 59.4 Å². The summed E-state index contributed by atoms with van der Waals surface area (Å²) in [6, 6.07) is 10.9. The number of hydrogen-bond donors (Lipinski definition) is 0. The van der Waals surface area contributed by atoms with Crippen molar-refractivity contribution in [3.63, 3.8) is 0 Å². The summed E-state index contributed by atoms with van der Waals surface area (Å²) in [5, 5.41) is 2.07. The van der Waals surface area contributed by atoms with Gasteiger partial charge in [0.05, 0.1) is 16.8 Å². The standard InChI is InChI=1S/C16H19BrOS/c1-11(2)10-12-4-6-13(7-5-12)15(17)16-14(18-3)8-9-19-16/h4-9,11,15H,10H2,1-3H3. The van der Waals surface area contributed by atoms with Crippen molar-refractivity contribution < 1.29 is 4.74 Å². The SMILES string of the molecule is COc1ccsc1C(Br)c1ccc(CC(C)C)cc1. The monoisotopic (exact) mass is 338 g/mol. The Bertz CT molecular complexity index is 516. The van der Waals surface area contributed by atoms with E-state index in [0.717, 1.165) is 12.2 Å². The Hall–Kier alpha value is -0.800. The number of ether oxygens (including phenoxy) is 1. The minimum absolute atomic E-state index is 0.204. The van der Waals surface area contributed by atoms with Crippen LogP contribution in [-0.2, 0) is 6.42 Å².